The Hall–Kier alpha value is -3.98. The van der Waals surface area contributed by atoms with Crippen LogP contribution in [0.5, 0.6) is 11.5 Å². The predicted octanol–water partition coefficient (Wildman–Crippen LogP) is 6.33. The number of hydrogen-bond donors (Lipinski definition) is 1. The van der Waals surface area contributed by atoms with Crippen molar-refractivity contribution in [3.8, 4) is 11.5 Å². The molecule has 4 rings (SSSR count). The Bertz CT molecular complexity index is 1520. The molecule has 0 bridgehead atoms. The molecule has 2 aromatic carbocycles. The molecule has 1 aliphatic rings. The number of aliphatic hydroxyl groups is 1. The summed E-state index contributed by atoms with van der Waals surface area (Å²) in [5, 5.41) is 11.8. The van der Waals surface area contributed by atoms with Crippen molar-refractivity contribution in [1.82, 2.24) is 4.98 Å². The number of aromatic nitrogens is 1. The third-order valence-electron chi connectivity index (χ3n) is 6.86. The molecular formula is C31H34N2O6S. The van der Waals surface area contributed by atoms with Crippen molar-refractivity contribution in [2.45, 2.75) is 54.0 Å². The van der Waals surface area contributed by atoms with Gasteiger partial charge in [0.25, 0.3) is 5.78 Å². The molecule has 3 aromatic rings. The highest BCUT2D eigenvalue weighted by molar-refractivity contribution is 7.18. The maximum absolute atomic E-state index is 13.6. The topological polar surface area (TPSA) is 106 Å². The van der Waals surface area contributed by atoms with Gasteiger partial charge in [-0.05, 0) is 62.4 Å². The Morgan fingerprint density at radius 2 is 1.82 bits per heavy atom. The number of nitrogens with zero attached hydrogens (tertiary/aromatic N) is 2. The number of Topliss-reactive ketones (excluding diaryl/α,β-unsaturated/α-hetero) is 2. The zero-order valence-electron chi connectivity index (χ0n) is 23.8. The van der Waals surface area contributed by atoms with E-state index in [-0.39, 0.29) is 22.2 Å². The molecule has 1 N–H and O–H groups in total. The van der Waals surface area contributed by atoms with Gasteiger partial charge in [-0.2, -0.15) is 0 Å². The van der Waals surface area contributed by atoms with Gasteiger partial charge in [0.15, 0.2) is 22.4 Å². The molecule has 1 fully saturated rings. The Balaban J connectivity index is 1.92. The number of methoxy groups -OCH3 is 1. The third kappa shape index (κ3) is 5.51. The van der Waals surface area contributed by atoms with Crippen molar-refractivity contribution in [2.24, 2.45) is 5.92 Å². The molecule has 40 heavy (non-hydrogen) atoms. The van der Waals surface area contributed by atoms with Crippen LogP contribution < -0.4 is 14.4 Å². The number of ether oxygens (including phenoxy) is 2. The van der Waals surface area contributed by atoms with Crippen LogP contribution in [-0.2, 0) is 9.59 Å². The molecule has 0 saturated carbocycles. The van der Waals surface area contributed by atoms with Gasteiger partial charge in [-0.1, -0.05) is 48.9 Å². The van der Waals surface area contributed by atoms with Crippen molar-refractivity contribution in [3.63, 3.8) is 0 Å². The van der Waals surface area contributed by atoms with E-state index in [1.807, 2.05) is 26.0 Å². The largest absolute Gasteiger partial charge is 0.507 e. The number of carbonyl (C=O) groups is 3. The maximum atomic E-state index is 13.6. The van der Waals surface area contributed by atoms with E-state index in [0.29, 0.717) is 45.7 Å². The van der Waals surface area contributed by atoms with Crippen molar-refractivity contribution in [2.75, 3.05) is 18.6 Å². The van der Waals surface area contributed by atoms with Gasteiger partial charge in [0.1, 0.15) is 5.76 Å². The van der Waals surface area contributed by atoms with Gasteiger partial charge in [0, 0.05) is 12.5 Å². The summed E-state index contributed by atoms with van der Waals surface area (Å²) in [5.74, 6) is -0.705. The smallest absolute Gasteiger partial charge is 0.301 e. The van der Waals surface area contributed by atoms with E-state index in [1.54, 1.807) is 31.2 Å². The highest BCUT2D eigenvalue weighted by Crippen LogP contribution is 2.45. The number of benzene rings is 2. The van der Waals surface area contributed by atoms with Crippen molar-refractivity contribution in [1.29, 1.82) is 0 Å². The van der Waals surface area contributed by atoms with Crippen LogP contribution in [0.2, 0.25) is 0 Å². The van der Waals surface area contributed by atoms with Crippen LogP contribution in [0.25, 0.3) is 5.76 Å². The Morgan fingerprint density at radius 1 is 1.10 bits per heavy atom. The first-order valence-corrected chi connectivity index (χ1v) is 13.9. The van der Waals surface area contributed by atoms with E-state index in [9.17, 15) is 19.5 Å². The van der Waals surface area contributed by atoms with Gasteiger partial charge in [0.05, 0.1) is 35.9 Å². The summed E-state index contributed by atoms with van der Waals surface area (Å²) >= 11 is 1.04. The fourth-order valence-corrected chi connectivity index (χ4v) is 5.66. The van der Waals surface area contributed by atoms with Crippen LogP contribution in [0.4, 0.5) is 5.13 Å². The number of carbonyl (C=O) groups excluding carboxylic acids is 3. The molecular weight excluding hydrogens is 528 g/mol. The number of aliphatic hydroxyl groups excluding tert-OH is 1. The van der Waals surface area contributed by atoms with Gasteiger partial charge in [-0.25, -0.2) is 4.98 Å². The second-order valence-corrected chi connectivity index (χ2v) is 11.4. The van der Waals surface area contributed by atoms with Gasteiger partial charge in [-0.3, -0.25) is 19.3 Å². The lowest BCUT2D eigenvalue weighted by atomic mass is 9.93. The van der Waals surface area contributed by atoms with Crippen LogP contribution in [0.15, 0.2) is 42.0 Å². The first-order chi connectivity index (χ1) is 18.9. The average Bonchev–Trinajstić information content (AvgIpc) is 3.41. The normalized spacial score (nSPS) is 16.6. The molecule has 210 valence electrons. The fraction of sp³-hybridized carbons (Fsp3) is 0.355. The highest BCUT2D eigenvalue weighted by Gasteiger charge is 2.48. The minimum absolute atomic E-state index is 0.0635. The molecule has 1 saturated heterocycles. The molecule has 1 amide bonds. The fourth-order valence-electron chi connectivity index (χ4n) is 4.67. The van der Waals surface area contributed by atoms with E-state index in [0.717, 1.165) is 28.9 Å². The molecule has 0 radical (unpaired) electrons. The number of thiazole rings is 1. The first-order valence-electron chi connectivity index (χ1n) is 13.1. The quantitative estimate of drug-likeness (QED) is 0.141. The van der Waals surface area contributed by atoms with E-state index in [2.05, 4.69) is 18.8 Å². The second-order valence-electron chi connectivity index (χ2n) is 10.4. The summed E-state index contributed by atoms with van der Waals surface area (Å²) in [6.45, 7) is 11.6. The van der Waals surface area contributed by atoms with Crippen LogP contribution in [0, 0.1) is 26.7 Å². The summed E-state index contributed by atoms with van der Waals surface area (Å²) in [5.41, 5.74) is 3.04. The van der Waals surface area contributed by atoms with Crippen LogP contribution in [0.3, 0.4) is 0 Å². The van der Waals surface area contributed by atoms with Gasteiger partial charge in [-0.15, -0.1) is 0 Å². The number of anilines is 1. The van der Waals surface area contributed by atoms with Crippen molar-refractivity contribution in [3.05, 3.63) is 74.8 Å². The number of hydrogen-bond acceptors (Lipinski definition) is 8. The summed E-state index contributed by atoms with van der Waals surface area (Å²) in [6.07, 6.45) is 0.864. The summed E-state index contributed by atoms with van der Waals surface area (Å²) in [6, 6.07) is 9.72. The van der Waals surface area contributed by atoms with Gasteiger partial charge < -0.3 is 14.6 Å². The lowest BCUT2D eigenvalue weighted by molar-refractivity contribution is -0.132. The monoisotopic (exact) mass is 562 g/mol. The number of rotatable bonds is 9. The second kappa shape index (κ2) is 11.6. The Labute approximate surface area is 238 Å². The Morgan fingerprint density at radius 3 is 2.45 bits per heavy atom. The summed E-state index contributed by atoms with van der Waals surface area (Å²) in [7, 11) is 1.52. The number of amides is 1. The predicted molar refractivity (Wildman–Crippen MR) is 155 cm³/mol. The lowest BCUT2D eigenvalue weighted by Crippen LogP contribution is -2.29. The van der Waals surface area contributed by atoms with E-state index in [1.165, 1.54) is 18.9 Å². The van der Waals surface area contributed by atoms with E-state index in [4.69, 9.17) is 9.47 Å². The minimum atomic E-state index is -1.01. The third-order valence-corrected chi connectivity index (χ3v) is 8.12. The molecule has 1 aromatic heterocycles. The number of ketones is 2. The molecule has 1 aliphatic heterocycles. The number of aryl methyl sites for hydroxylation is 3. The zero-order valence-corrected chi connectivity index (χ0v) is 24.6. The molecule has 1 atom stereocenters. The first kappa shape index (κ1) is 29.0. The van der Waals surface area contributed by atoms with E-state index >= 15 is 0 Å². The SMILES string of the molecule is COc1cc(C2C(=C(O)c3cc(C)ccc3C)C(=O)C(=O)N2c2nc(C)c(C(C)=O)s2)ccc1OCCC(C)C. The highest BCUT2D eigenvalue weighted by atomic mass is 32.1. The van der Waals surface area contributed by atoms with Crippen LogP contribution in [-0.4, -0.2) is 41.3 Å². The molecule has 2 heterocycles. The standard InChI is InChI=1S/C31H34N2O6S/c1-16(2)12-13-39-23-11-10-21(15-24(23)38-7)26-25(27(35)22-14-17(3)8-9-18(22)4)28(36)30(37)33(26)31-32-19(5)29(40-31)20(6)34/h8-11,14-16,26,35H,12-13H2,1-7H3. The molecule has 1 unspecified atom stereocenters. The lowest BCUT2D eigenvalue weighted by Gasteiger charge is -2.24. The molecule has 9 heteroatoms. The van der Waals surface area contributed by atoms with Gasteiger partial charge >= 0.3 is 5.91 Å². The van der Waals surface area contributed by atoms with Crippen LogP contribution >= 0.6 is 11.3 Å². The van der Waals surface area contributed by atoms with Crippen molar-refractivity contribution >= 4 is 39.7 Å². The van der Waals surface area contributed by atoms with Crippen molar-refractivity contribution < 1.29 is 29.0 Å². The zero-order chi connectivity index (χ0) is 29.3. The molecule has 0 aliphatic carbocycles. The van der Waals surface area contributed by atoms with Gasteiger partial charge in [0.2, 0.25) is 0 Å². The molecule has 0 spiro atoms. The summed E-state index contributed by atoms with van der Waals surface area (Å²) in [4.78, 5) is 45.5. The average molecular weight is 563 g/mol. The Kier molecular flexibility index (Phi) is 8.44. The molecule has 8 nitrogen and oxygen atoms in total. The summed E-state index contributed by atoms with van der Waals surface area (Å²) < 4.78 is 11.6. The minimum Gasteiger partial charge on any atom is -0.507 e. The van der Waals surface area contributed by atoms with E-state index < -0.39 is 17.7 Å². The van der Waals surface area contributed by atoms with Crippen LogP contribution in [0.1, 0.15) is 70.9 Å². The maximum Gasteiger partial charge on any atom is 0.301 e.